The maximum atomic E-state index is 11.9. The summed E-state index contributed by atoms with van der Waals surface area (Å²) in [5, 5.41) is 6.14. The Morgan fingerprint density at radius 2 is 2.00 bits per heavy atom. The monoisotopic (exact) mass is 327 g/mol. The number of nitrogens with one attached hydrogen (secondary N) is 2. The van der Waals surface area contributed by atoms with Crippen molar-refractivity contribution < 1.29 is 9.21 Å². The van der Waals surface area contributed by atoms with Gasteiger partial charge >= 0.3 is 6.03 Å². The predicted molar refractivity (Wildman–Crippen MR) is 89.2 cm³/mol. The number of nitrogens with zero attached hydrogens (tertiary/aromatic N) is 1. The molecule has 2 N–H and O–H groups in total. The summed E-state index contributed by atoms with van der Waals surface area (Å²) in [5.74, 6) is 0.741. The molecule has 3 aromatic rings. The summed E-state index contributed by atoms with van der Waals surface area (Å²) >= 11 is 5.80. The van der Waals surface area contributed by atoms with Crippen LogP contribution in [0.3, 0.4) is 0 Å². The summed E-state index contributed by atoms with van der Waals surface area (Å²) < 4.78 is 5.34. The Kier molecular flexibility index (Phi) is 4.59. The molecule has 116 valence electrons. The van der Waals surface area contributed by atoms with Crippen LogP contribution in [0.4, 0.5) is 10.5 Å². The highest BCUT2D eigenvalue weighted by molar-refractivity contribution is 6.30. The van der Waals surface area contributed by atoms with Crippen molar-refractivity contribution >= 4 is 23.3 Å². The molecule has 6 heteroatoms. The van der Waals surface area contributed by atoms with Crippen molar-refractivity contribution in [3.8, 4) is 11.3 Å². The minimum Gasteiger partial charge on any atom is -0.464 e. The van der Waals surface area contributed by atoms with Gasteiger partial charge in [0.05, 0.1) is 6.26 Å². The van der Waals surface area contributed by atoms with Gasteiger partial charge in [-0.25, -0.2) is 4.79 Å². The van der Waals surface area contributed by atoms with E-state index in [1.807, 2.05) is 18.2 Å². The molecular formula is C17H14ClN3O2. The molecule has 0 saturated heterocycles. The molecule has 0 saturated carbocycles. The third-order valence-corrected chi connectivity index (χ3v) is 3.41. The van der Waals surface area contributed by atoms with Crippen molar-refractivity contribution in [1.29, 1.82) is 0 Å². The summed E-state index contributed by atoms with van der Waals surface area (Å²) in [6.07, 6.45) is 5.03. The van der Waals surface area contributed by atoms with Crippen LogP contribution in [0.1, 0.15) is 5.56 Å². The lowest BCUT2D eigenvalue weighted by molar-refractivity contribution is 0.251. The molecule has 0 aliphatic carbocycles. The van der Waals surface area contributed by atoms with Gasteiger partial charge in [0, 0.05) is 35.2 Å². The highest BCUT2D eigenvalue weighted by atomic mass is 35.5. The summed E-state index contributed by atoms with van der Waals surface area (Å²) in [4.78, 5) is 16.1. The Hall–Kier alpha value is -2.79. The van der Waals surface area contributed by atoms with Crippen LogP contribution >= 0.6 is 11.6 Å². The van der Waals surface area contributed by atoms with Gasteiger partial charge in [0.15, 0.2) is 0 Å². The Balaban J connectivity index is 1.58. The molecule has 0 atom stereocenters. The number of carbonyl (C=O) groups excluding carboxylic acids is 1. The van der Waals surface area contributed by atoms with E-state index in [0.717, 1.165) is 16.9 Å². The molecule has 5 nitrogen and oxygen atoms in total. The molecule has 2 amide bonds. The van der Waals surface area contributed by atoms with Crippen molar-refractivity contribution in [2.75, 3.05) is 5.32 Å². The second-order valence-corrected chi connectivity index (χ2v) is 5.31. The van der Waals surface area contributed by atoms with Gasteiger partial charge in [-0.2, -0.15) is 0 Å². The third-order valence-electron chi connectivity index (χ3n) is 3.16. The fourth-order valence-corrected chi connectivity index (χ4v) is 2.18. The van der Waals surface area contributed by atoms with E-state index in [1.54, 1.807) is 42.9 Å². The summed E-state index contributed by atoms with van der Waals surface area (Å²) in [6, 6.07) is 12.2. The average molecular weight is 328 g/mol. The first kappa shape index (κ1) is 15.1. The van der Waals surface area contributed by atoms with Crippen LogP contribution in [-0.2, 0) is 6.54 Å². The molecule has 23 heavy (non-hydrogen) atoms. The molecule has 1 aromatic carbocycles. The minimum atomic E-state index is -0.296. The number of hydrogen-bond donors (Lipinski definition) is 2. The molecule has 0 radical (unpaired) electrons. The molecule has 0 bridgehead atoms. The van der Waals surface area contributed by atoms with Crippen molar-refractivity contribution in [3.63, 3.8) is 0 Å². The van der Waals surface area contributed by atoms with Crippen LogP contribution in [0, 0.1) is 0 Å². The fraction of sp³-hybridized carbons (Fsp3) is 0.0588. The average Bonchev–Trinajstić information content (AvgIpc) is 3.10. The lowest BCUT2D eigenvalue weighted by atomic mass is 10.1. The molecule has 2 aromatic heterocycles. The zero-order valence-electron chi connectivity index (χ0n) is 12.1. The van der Waals surface area contributed by atoms with Gasteiger partial charge in [-0.1, -0.05) is 11.6 Å². The lowest BCUT2D eigenvalue weighted by Gasteiger charge is -2.08. The second-order valence-electron chi connectivity index (χ2n) is 4.87. The van der Waals surface area contributed by atoms with Crippen LogP contribution in [-0.4, -0.2) is 11.0 Å². The van der Waals surface area contributed by atoms with E-state index in [0.29, 0.717) is 17.3 Å². The Morgan fingerprint density at radius 3 is 2.74 bits per heavy atom. The van der Waals surface area contributed by atoms with Gasteiger partial charge in [0.1, 0.15) is 5.76 Å². The normalized spacial score (nSPS) is 10.3. The van der Waals surface area contributed by atoms with Crippen LogP contribution in [0.25, 0.3) is 11.3 Å². The maximum absolute atomic E-state index is 11.9. The number of amides is 2. The topological polar surface area (TPSA) is 67.2 Å². The van der Waals surface area contributed by atoms with Crippen molar-refractivity contribution in [2.45, 2.75) is 6.54 Å². The fourth-order valence-electron chi connectivity index (χ4n) is 2.05. The van der Waals surface area contributed by atoms with Gasteiger partial charge in [0.2, 0.25) is 0 Å². The number of pyridine rings is 1. The summed E-state index contributed by atoms with van der Waals surface area (Å²) in [6.45, 7) is 0.362. The number of anilines is 1. The van der Waals surface area contributed by atoms with Gasteiger partial charge in [-0.3, -0.25) is 4.98 Å². The quantitative estimate of drug-likeness (QED) is 0.750. The van der Waals surface area contributed by atoms with E-state index in [4.69, 9.17) is 16.0 Å². The number of halogens is 1. The van der Waals surface area contributed by atoms with E-state index in [2.05, 4.69) is 15.6 Å². The minimum absolute atomic E-state index is 0.296. The first-order valence-electron chi connectivity index (χ1n) is 6.99. The molecule has 0 aliphatic heterocycles. The van der Waals surface area contributed by atoms with Crippen LogP contribution < -0.4 is 10.6 Å². The van der Waals surface area contributed by atoms with Crippen molar-refractivity contribution in [3.05, 3.63) is 71.7 Å². The number of urea groups is 1. The second kappa shape index (κ2) is 6.98. The first-order valence-corrected chi connectivity index (χ1v) is 7.37. The van der Waals surface area contributed by atoms with E-state index in [9.17, 15) is 4.79 Å². The number of carbonyl (C=O) groups is 1. The van der Waals surface area contributed by atoms with Crippen molar-refractivity contribution in [2.24, 2.45) is 0 Å². The number of benzene rings is 1. The Morgan fingerprint density at radius 1 is 1.17 bits per heavy atom. The molecule has 0 aliphatic rings. The van der Waals surface area contributed by atoms with Gasteiger partial charge < -0.3 is 15.1 Å². The SMILES string of the molecule is O=C(NCc1cncc(-c2ccco2)c1)Nc1ccc(Cl)cc1. The molecule has 0 spiro atoms. The maximum Gasteiger partial charge on any atom is 0.319 e. The number of aromatic nitrogens is 1. The zero-order chi connectivity index (χ0) is 16.1. The predicted octanol–water partition coefficient (Wildman–Crippen LogP) is 4.32. The molecular weight excluding hydrogens is 314 g/mol. The zero-order valence-corrected chi connectivity index (χ0v) is 12.9. The Labute approximate surface area is 138 Å². The molecule has 2 heterocycles. The highest BCUT2D eigenvalue weighted by Crippen LogP contribution is 2.19. The standard InChI is InChI=1S/C17H14ClN3O2/c18-14-3-5-15(6-4-14)21-17(22)20-10-12-8-13(11-19-9-12)16-2-1-7-23-16/h1-9,11H,10H2,(H2,20,21,22). The number of furan rings is 1. The van der Waals surface area contributed by atoms with Gasteiger partial charge in [0.25, 0.3) is 0 Å². The molecule has 3 rings (SSSR count). The van der Waals surface area contributed by atoms with E-state index in [1.165, 1.54) is 0 Å². The lowest BCUT2D eigenvalue weighted by Crippen LogP contribution is -2.28. The molecule has 0 fully saturated rings. The smallest absolute Gasteiger partial charge is 0.319 e. The van der Waals surface area contributed by atoms with E-state index in [-0.39, 0.29) is 6.03 Å². The highest BCUT2D eigenvalue weighted by Gasteiger charge is 2.05. The third kappa shape index (κ3) is 4.11. The summed E-state index contributed by atoms with van der Waals surface area (Å²) in [5.41, 5.74) is 2.42. The summed E-state index contributed by atoms with van der Waals surface area (Å²) in [7, 11) is 0. The van der Waals surface area contributed by atoms with Crippen LogP contribution in [0.15, 0.2) is 65.5 Å². The van der Waals surface area contributed by atoms with Crippen LogP contribution in [0.2, 0.25) is 5.02 Å². The van der Waals surface area contributed by atoms with Gasteiger partial charge in [-0.15, -0.1) is 0 Å². The van der Waals surface area contributed by atoms with Crippen LogP contribution in [0.5, 0.6) is 0 Å². The first-order chi connectivity index (χ1) is 11.2. The largest absolute Gasteiger partial charge is 0.464 e. The van der Waals surface area contributed by atoms with Gasteiger partial charge in [-0.05, 0) is 48.0 Å². The Bertz CT molecular complexity index is 786. The van der Waals surface area contributed by atoms with E-state index < -0.39 is 0 Å². The molecule has 0 unspecified atom stereocenters. The van der Waals surface area contributed by atoms with Crippen molar-refractivity contribution in [1.82, 2.24) is 10.3 Å². The number of hydrogen-bond acceptors (Lipinski definition) is 3. The van der Waals surface area contributed by atoms with E-state index >= 15 is 0 Å². The number of rotatable bonds is 4.